The molecule has 0 unspecified atom stereocenters. The summed E-state index contributed by atoms with van der Waals surface area (Å²) in [5, 5.41) is 4.71. The zero-order chi connectivity index (χ0) is 20.4. The molecule has 1 rings (SSSR count). The van der Waals surface area contributed by atoms with E-state index in [4.69, 9.17) is 0 Å². The number of rotatable bonds is 7. The molecule has 0 saturated carbocycles. The summed E-state index contributed by atoms with van der Waals surface area (Å²) in [6, 6.07) is 0. The summed E-state index contributed by atoms with van der Waals surface area (Å²) in [5.74, 6) is -1.34. The van der Waals surface area contributed by atoms with Crippen LogP contribution in [0.15, 0.2) is 37.7 Å². The Hall–Kier alpha value is -1.46. The predicted molar refractivity (Wildman–Crippen MR) is 95.4 cm³/mol. The van der Waals surface area contributed by atoms with Crippen molar-refractivity contribution in [3.63, 3.8) is 0 Å². The molecule has 0 atom stereocenters. The van der Waals surface area contributed by atoms with Crippen LogP contribution in [0.1, 0.15) is 26.7 Å². The molecule has 0 aromatic rings. The van der Waals surface area contributed by atoms with Crippen LogP contribution in [0.4, 0.5) is 0 Å². The molecule has 27 heavy (non-hydrogen) atoms. The van der Waals surface area contributed by atoms with Gasteiger partial charge in [0.05, 0.1) is 15.9 Å². The quantitative estimate of drug-likeness (QED) is 0.261. The molecule has 0 bridgehead atoms. The van der Waals surface area contributed by atoms with E-state index in [2.05, 4.69) is 23.8 Å². The molecule has 0 aliphatic carbocycles. The normalized spacial score (nSPS) is 13.9. The second kappa shape index (κ2) is 12.8. The van der Waals surface area contributed by atoms with E-state index in [1.807, 2.05) is 0 Å². The first kappa shape index (κ1) is 27.8. The van der Waals surface area contributed by atoms with Gasteiger partial charge >= 0.3 is 29.6 Å². The predicted octanol–water partition coefficient (Wildman–Crippen LogP) is -3.00. The molecule has 11 heteroatoms. The third kappa shape index (κ3) is 14.3. The number of amides is 3. The number of carbonyl (C=O) groups excluding carboxylic acids is 3. The summed E-state index contributed by atoms with van der Waals surface area (Å²) in [7, 11) is -4.33. The Bertz CT molecular complexity index is 688. The van der Waals surface area contributed by atoms with Crippen molar-refractivity contribution in [2.45, 2.75) is 32.2 Å². The Labute approximate surface area is 182 Å². The van der Waals surface area contributed by atoms with Gasteiger partial charge in [0.25, 0.3) is 0 Å². The van der Waals surface area contributed by atoms with Crippen LogP contribution in [-0.4, -0.2) is 53.4 Å². The molecule has 1 aliphatic heterocycles. The van der Waals surface area contributed by atoms with Gasteiger partial charge in [-0.15, -0.1) is 0 Å². The van der Waals surface area contributed by atoms with Crippen LogP contribution in [0.3, 0.4) is 0 Å². The van der Waals surface area contributed by atoms with Crippen LogP contribution in [-0.2, 0) is 24.5 Å². The smallest absolute Gasteiger partial charge is 0.748 e. The van der Waals surface area contributed by atoms with Crippen LogP contribution >= 0.6 is 0 Å². The van der Waals surface area contributed by atoms with Crippen molar-refractivity contribution in [1.82, 2.24) is 15.5 Å². The average Bonchev–Trinajstić information content (AvgIpc) is 2.88. The van der Waals surface area contributed by atoms with E-state index in [-0.39, 0.29) is 41.4 Å². The molecule has 3 amide bonds. The Morgan fingerprint density at radius 2 is 1.89 bits per heavy atom. The van der Waals surface area contributed by atoms with E-state index in [0.29, 0.717) is 13.0 Å². The Kier molecular flexibility index (Phi) is 13.2. The van der Waals surface area contributed by atoms with Gasteiger partial charge in [0.2, 0.25) is 17.7 Å². The number of nitrogens with zero attached hydrogens (tertiary/aromatic N) is 1. The fourth-order valence-electron chi connectivity index (χ4n) is 2.00. The zero-order valence-corrected chi connectivity index (χ0v) is 18.7. The zero-order valence-electron chi connectivity index (χ0n) is 15.9. The summed E-state index contributed by atoms with van der Waals surface area (Å²) in [4.78, 5) is 34.3. The van der Waals surface area contributed by atoms with Crippen molar-refractivity contribution in [3.05, 3.63) is 37.7 Å². The van der Waals surface area contributed by atoms with Crippen molar-refractivity contribution >= 4 is 27.8 Å². The summed E-state index contributed by atoms with van der Waals surface area (Å²) < 4.78 is 31.2. The molecular weight excluding hydrogens is 385 g/mol. The topological polar surface area (TPSA) is 136 Å². The van der Waals surface area contributed by atoms with Gasteiger partial charge in [0, 0.05) is 30.8 Å². The molecule has 2 N–H and O–H groups in total. The minimum absolute atomic E-state index is 0. The van der Waals surface area contributed by atoms with Crippen molar-refractivity contribution in [3.8, 4) is 0 Å². The van der Waals surface area contributed by atoms with Crippen molar-refractivity contribution < 1.29 is 56.9 Å². The molecule has 9 nitrogen and oxygen atoms in total. The summed E-state index contributed by atoms with van der Waals surface area (Å²) in [6.07, 6.45) is 6.59. The molecule has 0 aromatic heterocycles. The number of hydrogen-bond donors (Lipinski definition) is 2. The van der Waals surface area contributed by atoms with E-state index in [1.165, 1.54) is 32.3 Å². The first-order valence-electron chi connectivity index (χ1n) is 7.67. The van der Waals surface area contributed by atoms with Gasteiger partial charge in [-0.05, 0) is 32.5 Å². The first-order valence-corrected chi connectivity index (χ1v) is 9.25. The van der Waals surface area contributed by atoms with E-state index >= 15 is 0 Å². The minimum Gasteiger partial charge on any atom is -0.748 e. The monoisotopic (exact) mass is 409 g/mol. The third-order valence-electron chi connectivity index (χ3n) is 2.94. The average molecular weight is 409 g/mol. The molecule has 146 valence electrons. The SMILES string of the molecule is C=CC(=O)NC(C)(C)CS(=O)(=O)[O-].C=CNC(=O)C=CN1CCCC1=O.[Na+]. The van der Waals surface area contributed by atoms with E-state index in [0.717, 1.165) is 12.5 Å². The van der Waals surface area contributed by atoms with E-state index < -0.39 is 27.3 Å². The van der Waals surface area contributed by atoms with Gasteiger partial charge in [0.1, 0.15) is 0 Å². The minimum atomic E-state index is -4.33. The van der Waals surface area contributed by atoms with Crippen molar-refractivity contribution in [1.29, 1.82) is 0 Å². The fourth-order valence-corrected chi connectivity index (χ4v) is 2.95. The van der Waals surface area contributed by atoms with Gasteiger partial charge in [0.15, 0.2) is 0 Å². The number of carbonyl (C=O) groups is 3. The van der Waals surface area contributed by atoms with Gasteiger partial charge in [-0.2, -0.15) is 0 Å². The van der Waals surface area contributed by atoms with Crippen LogP contribution in [0.25, 0.3) is 0 Å². The maximum Gasteiger partial charge on any atom is 1.00 e. The molecule has 0 radical (unpaired) electrons. The summed E-state index contributed by atoms with van der Waals surface area (Å²) >= 11 is 0. The number of hydrogen-bond acceptors (Lipinski definition) is 6. The standard InChI is InChI=1S/C9H12N2O2.C7H13NO4S.Na/c1-2-10-8(12)5-7-11-6-3-4-9(11)13;1-4-6(9)8-7(2,3)5-13(10,11)12;/h2,5,7H,1,3-4,6H2,(H,10,12);4H,1,5H2,2-3H3,(H,8,9)(H,10,11,12);/q;;+1/p-1. The van der Waals surface area contributed by atoms with Gasteiger partial charge in [-0.1, -0.05) is 13.2 Å². The molecule has 0 aromatic carbocycles. The summed E-state index contributed by atoms with van der Waals surface area (Å²) in [6.45, 7) is 10.2. The maximum absolute atomic E-state index is 11.1. The van der Waals surface area contributed by atoms with Crippen molar-refractivity contribution in [2.24, 2.45) is 0 Å². The molecule has 1 fully saturated rings. The number of nitrogens with one attached hydrogen (secondary N) is 2. The Balaban J connectivity index is 0. The molecule has 1 saturated heterocycles. The Morgan fingerprint density at radius 3 is 2.30 bits per heavy atom. The van der Waals surface area contributed by atoms with E-state index in [1.54, 1.807) is 4.90 Å². The molecular formula is C16H24N3NaO6S. The van der Waals surface area contributed by atoms with E-state index in [9.17, 15) is 27.4 Å². The van der Waals surface area contributed by atoms with Crippen LogP contribution < -0.4 is 40.2 Å². The third-order valence-corrected chi connectivity index (χ3v) is 4.02. The molecule has 1 aliphatic rings. The summed E-state index contributed by atoms with van der Waals surface area (Å²) in [5.41, 5.74) is -1.06. The first-order chi connectivity index (χ1) is 11.9. The molecule has 1 heterocycles. The van der Waals surface area contributed by atoms with Crippen LogP contribution in [0.5, 0.6) is 0 Å². The van der Waals surface area contributed by atoms with Crippen molar-refractivity contribution in [2.75, 3.05) is 12.3 Å². The second-order valence-corrected chi connectivity index (χ2v) is 7.40. The maximum atomic E-state index is 11.1. The Morgan fingerprint density at radius 1 is 1.30 bits per heavy atom. The molecule has 0 spiro atoms. The van der Waals surface area contributed by atoms with Crippen LogP contribution in [0.2, 0.25) is 0 Å². The number of likely N-dealkylation sites (tertiary alicyclic amines) is 1. The van der Waals surface area contributed by atoms with Crippen LogP contribution in [0, 0.1) is 0 Å². The second-order valence-electron chi connectivity index (χ2n) is 6.00. The van der Waals surface area contributed by atoms with Gasteiger partial charge in [-0.3, -0.25) is 14.4 Å². The van der Waals surface area contributed by atoms with Gasteiger partial charge in [-0.25, -0.2) is 8.42 Å². The van der Waals surface area contributed by atoms with Gasteiger partial charge < -0.3 is 20.1 Å². The largest absolute Gasteiger partial charge is 1.00 e. The fraction of sp³-hybridized carbons (Fsp3) is 0.438.